The van der Waals surface area contributed by atoms with Crippen LogP contribution in [-0.4, -0.2) is 27.4 Å². The number of carbonyl (C=O) groups excluding carboxylic acids is 4. The molecule has 0 radical (unpaired) electrons. The largest absolute Gasteiger partial charge is 0.285 e. The van der Waals surface area contributed by atoms with Crippen LogP contribution in [-0.2, 0) is 0 Å². The second-order valence-corrected chi connectivity index (χ2v) is 16.1. The predicted molar refractivity (Wildman–Crippen MR) is 210 cm³/mol. The fourth-order valence-electron chi connectivity index (χ4n) is 8.86. The molecule has 0 aliphatic heterocycles. The zero-order valence-corrected chi connectivity index (χ0v) is 30.7. The Morgan fingerprint density at radius 1 is 0.519 bits per heavy atom. The van der Waals surface area contributed by atoms with Gasteiger partial charge in [-0.3, -0.25) is 19.2 Å². The second kappa shape index (κ2) is 14.9. The van der Waals surface area contributed by atoms with Gasteiger partial charge in [-0.2, -0.15) is 0 Å². The molecule has 5 aliphatic carbocycles. The maximum Gasteiger partial charge on any atom is 0.234 e. The second-order valence-electron chi connectivity index (χ2n) is 14.1. The minimum absolute atomic E-state index is 0.325. The van der Waals surface area contributed by atoms with Gasteiger partial charge in [-0.15, -0.1) is 13.2 Å². The lowest BCUT2D eigenvalue weighted by Gasteiger charge is -2.22. The smallest absolute Gasteiger partial charge is 0.234 e. The van der Waals surface area contributed by atoms with Crippen LogP contribution < -0.4 is 0 Å². The zero-order chi connectivity index (χ0) is 36.7. The third kappa shape index (κ3) is 6.69. The van der Waals surface area contributed by atoms with Crippen LogP contribution in [0.3, 0.4) is 0 Å². The number of halogens is 3. The molecule has 6 unspecified atom stereocenters. The summed E-state index contributed by atoms with van der Waals surface area (Å²) in [6.45, 7) is 7.90. The van der Waals surface area contributed by atoms with Gasteiger partial charge in [0.15, 0.2) is 4.30 Å². The van der Waals surface area contributed by atoms with Crippen molar-refractivity contribution in [3.05, 3.63) is 156 Å². The quantitative estimate of drug-likeness (QED) is 0.118. The van der Waals surface area contributed by atoms with Gasteiger partial charge in [-0.05, 0) is 107 Å². The van der Waals surface area contributed by atoms with Crippen molar-refractivity contribution in [2.75, 3.05) is 0 Å². The summed E-state index contributed by atoms with van der Waals surface area (Å²) >= 11 is 14.4. The van der Waals surface area contributed by atoms with Crippen molar-refractivity contribution in [3.8, 4) is 22.3 Å². The number of hydrogen-bond acceptors (Lipinski definition) is 4. The molecule has 4 aromatic carbocycles. The lowest BCUT2D eigenvalue weighted by atomic mass is 9.80. The molecule has 0 aromatic heterocycles. The number of ketones is 4. The molecule has 2 saturated carbocycles. The first-order chi connectivity index (χ1) is 25.1. The summed E-state index contributed by atoms with van der Waals surface area (Å²) in [4.78, 5) is 50.0. The van der Waals surface area contributed by atoms with Crippen molar-refractivity contribution < 1.29 is 19.2 Å². The molecule has 4 aromatic rings. The number of benzene rings is 4. The SMILES string of the molecule is C=CC1CC(C=C)C(c2ccc3c(c2)C(=O)C(=O)c2ccccc2-3)C1.ClC(Cl)Cl.O=C1C(=O)c2cc(C3CC4C=CC3C4)ccc2-c2ccccc21. The van der Waals surface area contributed by atoms with Crippen LogP contribution in [0.2, 0.25) is 0 Å². The first-order valence-electron chi connectivity index (χ1n) is 17.6. The molecule has 0 amide bonds. The van der Waals surface area contributed by atoms with E-state index in [0.29, 0.717) is 57.8 Å². The van der Waals surface area contributed by atoms with Gasteiger partial charge in [0, 0.05) is 22.3 Å². The molecule has 2 fully saturated rings. The minimum Gasteiger partial charge on any atom is -0.285 e. The molecule has 0 heterocycles. The zero-order valence-electron chi connectivity index (χ0n) is 28.4. The number of hydrogen-bond donors (Lipinski definition) is 0. The molecule has 0 spiro atoms. The molecule has 262 valence electrons. The monoisotopic (exact) mass is 746 g/mol. The normalized spacial score (nSPS) is 24.5. The molecule has 7 heteroatoms. The van der Waals surface area contributed by atoms with Gasteiger partial charge in [0.25, 0.3) is 0 Å². The van der Waals surface area contributed by atoms with Gasteiger partial charge in [-0.1, -0.05) is 132 Å². The van der Waals surface area contributed by atoms with Gasteiger partial charge in [0.05, 0.1) is 0 Å². The lowest BCUT2D eigenvalue weighted by molar-refractivity contribution is 0.0815. The molecular formula is C45H37Cl3O4. The van der Waals surface area contributed by atoms with E-state index < -0.39 is 15.9 Å². The molecule has 9 rings (SSSR count). The van der Waals surface area contributed by atoms with Crippen molar-refractivity contribution in [1.82, 2.24) is 0 Å². The van der Waals surface area contributed by atoms with Crippen LogP contribution in [0.4, 0.5) is 0 Å². The number of fused-ring (bicyclic) bond motifs is 8. The van der Waals surface area contributed by atoms with Crippen LogP contribution in [0.25, 0.3) is 22.3 Å². The van der Waals surface area contributed by atoms with Crippen LogP contribution in [0.1, 0.15) is 90.1 Å². The topological polar surface area (TPSA) is 68.3 Å². The molecule has 0 saturated heterocycles. The summed E-state index contributed by atoms with van der Waals surface area (Å²) in [5.74, 6) is 1.42. The molecule has 0 N–H and O–H groups in total. The minimum atomic E-state index is -0.750. The van der Waals surface area contributed by atoms with Gasteiger partial charge < -0.3 is 0 Å². The number of Topliss-reactive ketones (excluding diaryl/α,β-unsaturated/α-hetero) is 4. The number of allylic oxidation sites excluding steroid dienone is 4. The first kappa shape index (κ1) is 36.0. The number of carbonyl (C=O) groups is 4. The van der Waals surface area contributed by atoms with Crippen molar-refractivity contribution in [3.63, 3.8) is 0 Å². The molecule has 52 heavy (non-hydrogen) atoms. The van der Waals surface area contributed by atoms with Crippen LogP contribution in [0.15, 0.2) is 122 Å². The van der Waals surface area contributed by atoms with E-state index in [-0.39, 0.29) is 11.6 Å². The first-order valence-corrected chi connectivity index (χ1v) is 18.9. The highest BCUT2D eigenvalue weighted by Crippen LogP contribution is 2.50. The van der Waals surface area contributed by atoms with E-state index in [4.69, 9.17) is 34.8 Å². The van der Waals surface area contributed by atoms with E-state index in [1.807, 2.05) is 66.7 Å². The standard InChI is InChI=1S/C23H20O2.C21H16O2.CHCl3/c1-3-14-11-15(4-2)20(12-14)16-9-10-18-17-7-5-6-8-19(17)22(24)23(25)21(18)13-16;22-20-17-4-2-1-3-15(17)16-8-7-14(11-19(16)21(20)23)18-10-12-5-6-13(18)9-12;2-1(3)4/h3-10,13-15,20H,1-2,11-12H2;1-8,11-13,18H,9-10H2;1H. The predicted octanol–water partition coefficient (Wildman–Crippen LogP) is 11.6. The van der Waals surface area contributed by atoms with Crippen molar-refractivity contribution in [2.24, 2.45) is 23.7 Å². The highest BCUT2D eigenvalue weighted by molar-refractivity contribution is 6.63. The number of alkyl halides is 3. The summed E-state index contributed by atoms with van der Waals surface area (Å²) in [5.41, 5.74) is 7.96. The highest BCUT2D eigenvalue weighted by atomic mass is 35.6. The average molecular weight is 748 g/mol. The Morgan fingerprint density at radius 2 is 0.981 bits per heavy atom. The molecule has 2 bridgehead atoms. The Labute approximate surface area is 319 Å². The van der Waals surface area contributed by atoms with E-state index in [0.717, 1.165) is 40.7 Å². The third-order valence-corrected chi connectivity index (χ3v) is 11.3. The maximum absolute atomic E-state index is 12.6. The average Bonchev–Trinajstić information content (AvgIpc) is 3.92. The summed E-state index contributed by atoms with van der Waals surface area (Å²) < 4.78 is -0.750. The highest BCUT2D eigenvalue weighted by Gasteiger charge is 2.38. The Morgan fingerprint density at radius 3 is 1.42 bits per heavy atom. The molecular weight excluding hydrogens is 711 g/mol. The summed E-state index contributed by atoms with van der Waals surface area (Å²) in [7, 11) is 0. The lowest BCUT2D eigenvalue weighted by Crippen LogP contribution is -2.21. The summed E-state index contributed by atoms with van der Waals surface area (Å²) in [5, 5.41) is 0. The third-order valence-electron chi connectivity index (χ3n) is 11.3. The van der Waals surface area contributed by atoms with E-state index >= 15 is 0 Å². The van der Waals surface area contributed by atoms with Gasteiger partial charge in [0.1, 0.15) is 0 Å². The molecule has 5 aliphatic rings. The van der Waals surface area contributed by atoms with E-state index in [1.54, 1.807) is 18.2 Å². The summed E-state index contributed by atoms with van der Waals surface area (Å²) in [6, 6.07) is 26.9. The Bertz CT molecular complexity index is 2160. The fraction of sp³-hybridized carbons (Fsp3) is 0.244. The van der Waals surface area contributed by atoms with Crippen LogP contribution >= 0.6 is 34.8 Å². The van der Waals surface area contributed by atoms with Crippen LogP contribution in [0.5, 0.6) is 0 Å². The molecule has 6 atom stereocenters. The van der Waals surface area contributed by atoms with E-state index in [9.17, 15) is 19.2 Å². The van der Waals surface area contributed by atoms with Gasteiger partial charge in [0.2, 0.25) is 23.1 Å². The van der Waals surface area contributed by atoms with Gasteiger partial charge >= 0.3 is 0 Å². The Hall–Kier alpha value is -4.35. The summed E-state index contributed by atoms with van der Waals surface area (Å²) in [6.07, 6.45) is 13.1. The van der Waals surface area contributed by atoms with Crippen molar-refractivity contribution >= 4 is 57.9 Å². The van der Waals surface area contributed by atoms with E-state index in [2.05, 4.69) is 37.4 Å². The Kier molecular flexibility index (Phi) is 10.4. The van der Waals surface area contributed by atoms with Crippen LogP contribution in [0, 0.1) is 23.7 Å². The fourth-order valence-corrected chi connectivity index (χ4v) is 8.86. The van der Waals surface area contributed by atoms with E-state index in [1.165, 1.54) is 18.4 Å². The maximum atomic E-state index is 12.6. The van der Waals surface area contributed by atoms with Crippen molar-refractivity contribution in [2.45, 2.75) is 41.8 Å². The Balaban J connectivity index is 0.000000147. The number of rotatable bonds is 4. The van der Waals surface area contributed by atoms with Crippen molar-refractivity contribution in [1.29, 1.82) is 0 Å². The van der Waals surface area contributed by atoms with Gasteiger partial charge in [-0.25, -0.2) is 0 Å². The molecule has 4 nitrogen and oxygen atoms in total.